The highest BCUT2D eigenvalue weighted by atomic mass is 32.2. The zero-order chi connectivity index (χ0) is 12.2. The number of nitriles is 1. The van der Waals surface area contributed by atoms with E-state index in [1.807, 2.05) is 6.07 Å². The first-order valence-corrected chi connectivity index (χ1v) is 5.99. The maximum absolute atomic E-state index is 10.9. The SMILES string of the molecule is C/C=C\c1cccc(NS(N)(=O)=O)c1C#N. The summed E-state index contributed by atoms with van der Waals surface area (Å²) in [7, 11) is -3.87. The highest BCUT2D eigenvalue weighted by molar-refractivity contribution is 7.90. The lowest BCUT2D eigenvalue weighted by atomic mass is 10.1. The molecule has 1 aromatic rings. The van der Waals surface area contributed by atoms with Crippen molar-refractivity contribution in [3.63, 3.8) is 0 Å². The van der Waals surface area contributed by atoms with E-state index in [0.29, 0.717) is 5.56 Å². The Hall–Kier alpha value is -1.84. The summed E-state index contributed by atoms with van der Waals surface area (Å²) in [6.07, 6.45) is 3.48. The fourth-order valence-electron chi connectivity index (χ4n) is 1.25. The van der Waals surface area contributed by atoms with Crippen LogP contribution < -0.4 is 9.86 Å². The fourth-order valence-corrected chi connectivity index (χ4v) is 1.73. The second kappa shape index (κ2) is 4.79. The minimum absolute atomic E-state index is 0.181. The van der Waals surface area contributed by atoms with Crippen molar-refractivity contribution >= 4 is 22.0 Å². The third kappa shape index (κ3) is 3.08. The Morgan fingerprint density at radius 3 is 2.69 bits per heavy atom. The van der Waals surface area contributed by atoms with E-state index in [9.17, 15) is 8.42 Å². The second-order valence-corrected chi connectivity index (χ2v) is 4.32. The van der Waals surface area contributed by atoms with Crippen LogP contribution in [0.3, 0.4) is 0 Å². The highest BCUT2D eigenvalue weighted by Gasteiger charge is 2.09. The second-order valence-electron chi connectivity index (χ2n) is 3.03. The number of allylic oxidation sites excluding steroid dienone is 1. The first kappa shape index (κ1) is 12.2. The van der Waals surface area contributed by atoms with E-state index >= 15 is 0 Å². The molecular formula is C10H11N3O2S. The molecule has 0 saturated heterocycles. The van der Waals surface area contributed by atoms with Gasteiger partial charge in [-0.15, -0.1) is 0 Å². The Kier molecular flexibility index (Phi) is 3.66. The molecule has 0 aliphatic heterocycles. The molecule has 5 nitrogen and oxygen atoms in total. The van der Waals surface area contributed by atoms with Crippen molar-refractivity contribution in [1.29, 1.82) is 5.26 Å². The predicted molar refractivity (Wildman–Crippen MR) is 62.6 cm³/mol. The summed E-state index contributed by atoms with van der Waals surface area (Å²) in [4.78, 5) is 0. The van der Waals surface area contributed by atoms with E-state index in [1.165, 1.54) is 6.07 Å². The molecule has 3 N–H and O–H groups in total. The third-order valence-electron chi connectivity index (χ3n) is 1.81. The zero-order valence-corrected chi connectivity index (χ0v) is 9.45. The van der Waals surface area contributed by atoms with Crippen LogP contribution in [-0.4, -0.2) is 8.42 Å². The van der Waals surface area contributed by atoms with Gasteiger partial charge in [-0.05, 0) is 18.6 Å². The number of nitrogens with two attached hydrogens (primary N) is 1. The Morgan fingerprint density at radius 1 is 1.50 bits per heavy atom. The molecule has 0 bridgehead atoms. The molecule has 0 radical (unpaired) electrons. The number of hydrogen-bond acceptors (Lipinski definition) is 3. The van der Waals surface area contributed by atoms with Gasteiger partial charge in [0.2, 0.25) is 0 Å². The summed E-state index contributed by atoms with van der Waals surface area (Å²) in [5.41, 5.74) is 1.06. The zero-order valence-electron chi connectivity index (χ0n) is 8.64. The molecule has 0 aliphatic carbocycles. The van der Waals surface area contributed by atoms with Gasteiger partial charge in [-0.3, -0.25) is 4.72 Å². The number of benzene rings is 1. The summed E-state index contributed by atoms with van der Waals surface area (Å²) < 4.78 is 23.8. The van der Waals surface area contributed by atoms with E-state index < -0.39 is 10.2 Å². The first-order valence-electron chi connectivity index (χ1n) is 4.44. The Balaban J connectivity index is 3.31. The minimum atomic E-state index is -3.87. The van der Waals surface area contributed by atoms with Crippen molar-refractivity contribution in [3.05, 3.63) is 35.4 Å². The number of anilines is 1. The smallest absolute Gasteiger partial charge is 0.270 e. The number of nitrogens with one attached hydrogen (secondary N) is 1. The third-order valence-corrected chi connectivity index (χ3v) is 2.31. The van der Waals surface area contributed by atoms with Gasteiger partial charge >= 0.3 is 0 Å². The lowest BCUT2D eigenvalue weighted by Crippen LogP contribution is -2.22. The van der Waals surface area contributed by atoms with Gasteiger partial charge < -0.3 is 0 Å². The maximum atomic E-state index is 10.9. The average Bonchev–Trinajstić information content (AvgIpc) is 2.16. The molecular weight excluding hydrogens is 226 g/mol. The van der Waals surface area contributed by atoms with Crippen LogP contribution in [0.2, 0.25) is 0 Å². The molecule has 0 amide bonds. The monoisotopic (exact) mass is 237 g/mol. The van der Waals surface area contributed by atoms with Gasteiger partial charge in [-0.1, -0.05) is 24.3 Å². The van der Waals surface area contributed by atoms with Crippen molar-refractivity contribution in [3.8, 4) is 6.07 Å². The molecule has 6 heteroatoms. The summed E-state index contributed by atoms with van der Waals surface area (Å²) >= 11 is 0. The molecule has 0 atom stereocenters. The Morgan fingerprint density at radius 2 is 2.19 bits per heavy atom. The molecule has 1 aromatic carbocycles. The van der Waals surface area contributed by atoms with Crippen LogP contribution in [0.25, 0.3) is 6.08 Å². The van der Waals surface area contributed by atoms with Gasteiger partial charge in [0, 0.05) is 0 Å². The van der Waals surface area contributed by atoms with E-state index in [4.69, 9.17) is 10.4 Å². The summed E-state index contributed by atoms with van der Waals surface area (Å²) in [5, 5.41) is 13.8. The topological polar surface area (TPSA) is 96.0 Å². The fraction of sp³-hybridized carbons (Fsp3) is 0.100. The molecule has 0 spiro atoms. The minimum Gasteiger partial charge on any atom is -0.270 e. The van der Waals surface area contributed by atoms with Crippen LogP contribution >= 0.6 is 0 Å². The van der Waals surface area contributed by atoms with Crippen molar-refractivity contribution in [1.82, 2.24) is 0 Å². The number of rotatable bonds is 3. The molecule has 0 heterocycles. The normalized spacial score (nSPS) is 11.3. The van der Waals surface area contributed by atoms with Crippen LogP contribution in [0.1, 0.15) is 18.1 Å². The standard InChI is InChI=1S/C10H11N3O2S/c1-2-4-8-5-3-6-10(9(8)7-11)13-16(12,14)15/h2-6,13H,1H3,(H2,12,14,15)/b4-2-. The van der Waals surface area contributed by atoms with Crippen molar-refractivity contribution in [2.45, 2.75) is 6.92 Å². The van der Waals surface area contributed by atoms with E-state index in [1.54, 1.807) is 31.2 Å². The van der Waals surface area contributed by atoms with Crippen LogP contribution in [0.4, 0.5) is 5.69 Å². The highest BCUT2D eigenvalue weighted by Crippen LogP contribution is 2.20. The molecule has 0 fully saturated rings. The van der Waals surface area contributed by atoms with E-state index in [2.05, 4.69) is 4.72 Å². The lowest BCUT2D eigenvalue weighted by molar-refractivity contribution is 0.603. The molecule has 16 heavy (non-hydrogen) atoms. The van der Waals surface area contributed by atoms with E-state index in [-0.39, 0.29) is 11.3 Å². The summed E-state index contributed by atoms with van der Waals surface area (Å²) in [6.45, 7) is 1.81. The van der Waals surface area contributed by atoms with Gasteiger partial charge in [-0.25, -0.2) is 5.14 Å². The molecule has 0 saturated carbocycles. The van der Waals surface area contributed by atoms with E-state index in [0.717, 1.165) is 0 Å². The summed E-state index contributed by atoms with van der Waals surface area (Å²) in [6, 6.07) is 6.78. The largest absolute Gasteiger partial charge is 0.296 e. The van der Waals surface area contributed by atoms with Gasteiger partial charge in [0.05, 0.1) is 11.3 Å². The van der Waals surface area contributed by atoms with Crippen molar-refractivity contribution in [2.75, 3.05) is 4.72 Å². The molecule has 84 valence electrons. The van der Waals surface area contributed by atoms with Crippen molar-refractivity contribution < 1.29 is 8.42 Å². The van der Waals surface area contributed by atoms with Gasteiger partial charge in [0.1, 0.15) is 6.07 Å². The lowest BCUT2D eigenvalue weighted by Gasteiger charge is -2.07. The van der Waals surface area contributed by atoms with Crippen LogP contribution in [0.15, 0.2) is 24.3 Å². The van der Waals surface area contributed by atoms with Crippen LogP contribution in [-0.2, 0) is 10.2 Å². The van der Waals surface area contributed by atoms with Gasteiger partial charge in [-0.2, -0.15) is 13.7 Å². The molecule has 0 aromatic heterocycles. The predicted octanol–water partition coefficient (Wildman–Crippen LogP) is 1.21. The van der Waals surface area contributed by atoms with Gasteiger partial charge in [0.25, 0.3) is 10.2 Å². The molecule has 0 unspecified atom stereocenters. The summed E-state index contributed by atoms with van der Waals surface area (Å²) in [5.74, 6) is 0. The molecule has 1 rings (SSSR count). The number of hydrogen-bond donors (Lipinski definition) is 2. The van der Waals surface area contributed by atoms with Crippen LogP contribution in [0, 0.1) is 11.3 Å². The van der Waals surface area contributed by atoms with Gasteiger partial charge in [0.15, 0.2) is 0 Å². The quantitative estimate of drug-likeness (QED) is 0.826. The number of nitrogens with zero attached hydrogens (tertiary/aromatic N) is 1. The van der Waals surface area contributed by atoms with Crippen molar-refractivity contribution in [2.24, 2.45) is 5.14 Å². The molecule has 0 aliphatic rings. The van der Waals surface area contributed by atoms with Crippen LogP contribution in [0.5, 0.6) is 0 Å². The first-order chi connectivity index (χ1) is 7.48. The average molecular weight is 237 g/mol. The maximum Gasteiger partial charge on any atom is 0.296 e. The Bertz CT molecular complexity index is 556. The Labute approximate surface area is 94.4 Å².